The van der Waals surface area contributed by atoms with Gasteiger partial charge >= 0.3 is 0 Å². The van der Waals surface area contributed by atoms with E-state index in [0.29, 0.717) is 10.3 Å². The maximum Gasteiger partial charge on any atom is 0.178 e. The minimum Gasteiger partial charge on any atom is -0.376 e. The molecule has 3 rings (SSSR count). The number of ether oxygens (including phenoxy) is 1. The Morgan fingerprint density at radius 1 is 1.47 bits per heavy atom. The van der Waals surface area contributed by atoms with Crippen LogP contribution in [-0.2, 0) is 11.3 Å². The van der Waals surface area contributed by atoms with E-state index in [0.717, 1.165) is 37.0 Å². The van der Waals surface area contributed by atoms with Crippen LogP contribution in [0.1, 0.15) is 24.8 Å². The summed E-state index contributed by atoms with van der Waals surface area (Å²) in [5, 5.41) is 9.12. The number of hydrogen-bond donors (Lipinski definition) is 1. The second-order valence-corrected chi connectivity index (χ2v) is 5.23. The molecule has 2 aromatic rings. The second-order valence-electron chi connectivity index (χ2n) is 4.84. The van der Waals surface area contributed by atoms with Gasteiger partial charge in [-0.2, -0.15) is 5.26 Å². The molecule has 1 N–H and O–H groups in total. The van der Waals surface area contributed by atoms with Crippen LogP contribution in [0.3, 0.4) is 0 Å². The van der Waals surface area contributed by atoms with Gasteiger partial charge in [-0.1, -0.05) is 6.07 Å². The van der Waals surface area contributed by atoms with Crippen molar-refractivity contribution in [2.24, 2.45) is 0 Å². The van der Waals surface area contributed by atoms with Gasteiger partial charge in [-0.25, -0.2) is 0 Å². The normalized spacial score (nSPS) is 19.4. The molecule has 1 aliphatic heterocycles. The lowest BCUT2D eigenvalue weighted by atomic mass is 10.1. The molecular weight excluding hydrogens is 258 g/mol. The zero-order valence-electron chi connectivity index (χ0n) is 10.6. The predicted octanol–water partition coefficient (Wildman–Crippen LogP) is 3.14. The zero-order chi connectivity index (χ0) is 13.2. The number of benzene rings is 1. The minimum atomic E-state index is 0.227. The highest BCUT2D eigenvalue weighted by Crippen LogP contribution is 2.21. The molecule has 19 heavy (non-hydrogen) atoms. The molecule has 0 bridgehead atoms. The monoisotopic (exact) mass is 273 g/mol. The van der Waals surface area contributed by atoms with E-state index in [-0.39, 0.29) is 6.10 Å². The molecule has 1 aromatic carbocycles. The van der Waals surface area contributed by atoms with Crippen LogP contribution in [0, 0.1) is 16.1 Å². The van der Waals surface area contributed by atoms with Crippen molar-refractivity contribution in [3.63, 3.8) is 0 Å². The van der Waals surface area contributed by atoms with Crippen LogP contribution in [0.4, 0.5) is 0 Å². The van der Waals surface area contributed by atoms with Crippen molar-refractivity contribution in [2.45, 2.75) is 31.9 Å². The average Bonchev–Trinajstić information content (AvgIpc) is 2.76. The number of para-hydroxylation sites is 1. The minimum absolute atomic E-state index is 0.227. The van der Waals surface area contributed by atoms with Gasteiger partial charge in [0.25, 0.3) is 0 Å². The first-order chi connectivity index (χ1) is 9.29. The first-order valence-electron chi connectivity index (χ1n) is 6.53. The number of fused-ring (bicyclic) bond motifs is 1. The van der Waals surface area contributed by atoms with Gasteiger partial charge in [-0.3, -0.25) is 0 Å². The summed E-state index contributed by atoms with van der Waals surface area (Å²) in [5.74, 6) is 0. The fourth-order valence-electron chi connectivity index (χ4n) is 2.61. The van der Waals surface area contributed by atoms with E-state index in [2.05, 4.69) is 11.1 Å². The number of aromatic amines is 1. The van der Waals surface area contributed by atoms with Crippen molar-refractivity contribution >= 4 is 23.3 Å². The fourth-order valence-corrected chi connectivity index (χ4v) is 2.88. The summed E-state index contributed by atoms with van der Waals surface area (Å²) in [6, 6.07) is 7.87. The molecule has 0 saturated carbocycles. The maximum absolute atomic E-state index is 9.12. The average molecular weight is 273 g/mol. The summed E-state index contributed by atoms with van der Waals surface area (Å²) in [4.78, 5) is 3.14. The molecule has 0 aliphatic carbocycles. The number of aromatic nitrogens is 2. The summed E-state index contributed by atoms with van der Waals surface area (Å²) in [5.41, 5.74) is 2.44. The molecule has 5 heteroatoms. The molecule has 98 valence electrons. The molecule has 0 radical (unpaired) electrons. The van der Waals surface area contributed by atoms with Crippen molar-refractivity contribution in [3.05, 3.63) is 28.5 Å². The molecule has 4 nitrogen and oxygen atoms in total. The zero-order valence-corrected chi connectivity index (χ0v) is 11.4. The molecule has 1 atom stereocenters. The van der Waals surface area contributed by atoms with Crippen LogP contribution in [0.25, 0.3) is 11.0 Å². The number of hydrogen-bond acceptors (Lipinski definition) is 3. The SMILES string of the molecule is N#Cc1cccc2c1[nH]c(=S)n2CC1CCCCO1. The third-order valence-electron chi connectivity index (χ3n) is 3.59. The standard InChI is InChI=1S/C14H15N3OS/c15-8-10-4-3-6-12-13(10)16-14(19)17(12)9-11-5-1-2-7-18-11/h3-4,6,11H,1-2,5,7,9H2,(H,16,19). The quantitative estimate of drug-likeness (QED) is 0.855. The molecule has 2 heterocycles. The Labute approximate surface area is 116 Å². The van der Waals surface area contributed by atoms with Gasteiger partial charge in [0.05, 0.1) is 29.2 Å². The van der Waals surface area contributed by atoms with Crippen molar-refractivity contribution in [3.8, 4) is 6.07 Å². The Kier molecular flexibility index (Phi) is 3.36. The number of imidazole rings is 1. The highest BCUT2D eigenvalue weighted by Gasteiger charge is 2.17. The number of nitrogens with one attached hydrogen (secondary N) is 1. The van der Waals surface area contributed by atoms with E-state index in [4.69, 9.17) is 22.2 Å². The van der Waals surface area contributed by atoms with E-state index < -0.39 is 0 Å². The molecule has 0 amide bonds. The van der Waals surface area contributed by atoms with Crippen LogP contribution in [0.5, 0.6) is 0 Å². The van der Waals surface area contributed by atoms with Crippen LogP contribution in [0.15, 0.2) is 18.2 Å². The van der Waals surface area contributed by atoms with E-state index >= 15 is 0 Å². The predicted molar refractivity (Wildman–Crippen MR) is 75.4 cm³/mol. The lowest BCUT2D eigenvalue weighted by molar-refractivity contribution is 0.00641. The lowest BCUT2D eigenvalue weighted by Gasteiger charge is -2.23. The molecular formula is C14H15N3OS. The Bertz CT molecular complexity index is 689. The molecule has 1 aliphatic rings. The Hall–Kier alpha value is -1.64. The molecule has 1 aromatic heterocycles. The number of nitriles is 1. The molecule has 0 spiro atoms. The number of rotatable bonds is 2. The lowest BCUT2D eigenvalue weighted by Crippen LogP contribution is -2.24. The summed E-state index contributed by atoms with van der Waals surface area (Å²) in [7, 11) is 0. The van der Waals surface area contributed by atoms with Gasteiger partial charge in [0, 0.05) is 6.61 Å². The second kappa shape index (κ2) is 5.16. The highest BCUT2D eigenvalue weighted by atomic mass is 32.1. The third-order valence-corrected chi connectivity index (χ3v) is 3.91. The summed E-state index contributed by atoms with van der Waals surface area (Å²) < 4.78 is 8.47. The van der Waals surface area contributed by atoms with E-state index in [9.17, 15) is 0 Å². The summed E-state index contributed by atoms with van der Waals surface area (Å²) in [6.45, 7) is 1.59. The smallest absolute Gasteiger partial charge is 0.178 e. The fraction of sp³-hybridized carbons (Fsp3) is 0.429. The van der Waals surface area contributed by atoms with Gasteiger partial charge in [0.1, 0.15) is 6.07 Å². The van der Waals surface area contributed by atoms with E-state index in [1.54, 1.807) is 6.07 Å². The molecule has 1 saturated heterocycles. The summed E-state index contributed by atoms with van der Waals surface area (Å²) >= 11 is 5.37. The molecule has 1 unspecified atom stereocenters. The number of H-pyrrole nitrogens is 1. The number of nitrogens with zero attached hydrogens (tertiary/aromatic N) is 2. The highest BCUT2D eigenvalue weighted by molar-refractivity contribution is 7.71. The van der Waals surface area contributed by atoms with Crippen molar-refractivity contribution < 1.29 is 4.74 Å². The Balaban J connectivity index is 2.01. The van der Waals surface area contributed by atoms with E-state index in [1.165, 1.54) is 6.42 Å². The van der Waals surface area contributed by atoms with E-state index in [1.807, 2.05) is 16.7 Å². The third kappa shape index (κ3) is 2.29. The Morgan fingerprint density at radius 3 is 3.11 bits per heavy atom. The topological polar surface area (TPSA) is 53.7 Å². The largest absolute Gasteiger partial charge is 0.376 e. The Morgan fingerprint density at radius 2 is 2.37 bits per heavy atom. The van der Waals surface area contributed by atoms with Gasteiger partial charge in [-0.05, 0) is 43.6 Å². The van der Waals surface area contributed by atoms with Crippen LogP contribution in [-0.4, -0.2) is 22.3 Å². The maximum atomic E-state index is 9.12. The van der Waals surface area contributed by atoms with Crippen molar-refractivity contribution in [2.75, 3.05) is 6.61 Å². The van der Waals surface area contributed by atoms with Crippen molar-refractivity contribution in [1.82, 2.24) is 9.55 Å². The van der Waals surface area contributed by atoms with Crippen molar-refractivity contribution in [1.29, 1.82) is 5.26 Å². The van der Waals surface area contributed by atoms with Gasteiger partial charge < -0.3 is 14.3 Å². The summed E-state index contributed by atoms with van der Waals surface area (Å²) in [6.07, 6.45) is 3.66. The van der Waals surface area contributed by atoms with Crippen LogP contribution < -0.4 is 0 Å². The van der Waals surface area contributed by atoms with Gasteiger partial charge in [-0.15, -0.1) is 0 Å². The van der Waals surface area contributed by atoms with Crippen LogP contribution in [0.2, 0.25) is 0 Å². The first kappa shape index (κ1) is 12.4. The first-order valence-corrected chi connectivity index (χ1v) is 6.93. The molecule has 1 fully saturated rings. The van der Waals surface area contributed by atoms with Crippen LogP contribution >= 0.6 is 12.2 Å². The van der Waals surface area contributed by atoms with Gasteiger partial charge in [0.2, 0.25) is 0 Å². The van der Waals surface area contributed by atoms with Gasteiger partial charge in [0.15, 0.2) is 4.77 Å².